The van der Waals surface area contributed by atoms with Crippen LogP contribution in [-0.2, 0) is 17.5 Å². The van der Waals surface area contributed by atoms with Crippen LogP contribution in [-0.4, -0.2) is 5.91 Å². The third-order valence-corrected chi connectivity index (χ3v) is 4.25. The molecule has 25 heavy (non-hydrogen) atoms. The number of benzene rings is 2. The zero-order valence-corrected chi connectivity index (χ0v) is 13.1. The number of amides is 1. The maximum Gasteiger partial charge on any atom is 0.416 e. The highest BCUT2D eigenvalue weighted by atomic mass is 19.4. The molecular formula is C18H16F4N2O. The second kappa shape index (κ2) is 6.48. The van der Waals surface area contributed by atoms with Crippen molar-refractivity contribution in [3.05, 3.63) is 65.0 Å². The van der Waals surface area contributed by atoms with Gasteiger partial charge in [-0.2, -0.15) is 13.2 Å². The lowest BCUT2D eigenvalue weighted by molar-refractivity contribution is -0.137. The van der Waals surface area contributed by atoms with Crippen molar-refractivity contribution in [2.75, 3.05) is 5.32 Å². The lowest BCUT2D eigenvalue weighted by Gasteiger charge is -2.12. The number of carbonyl (C=O) groups is 1. The highest BCUT2D eigenvalue weighted by Gasteiger charge is 2.44. The number of alkyl halides is 3. The first-order valence-electron chi connectivity index (χ1n) is 7.75. The van der Waals surface area contributed by atoms with Crippen molar-refractivity contribution in [3.8, 4) is 0 Å². The predicted octanol–water partition coefficient (Wildman–Crippen LogP) is 4.05. The first-order chi connectivity index (χ1) is 11.8. The Bertz CT molecular complexity index is 787. The maximum absolute atomic E-state index is 12.9. The fraction of sp³-hybridized carbons (Fsp3) is 0.278. The Hall–Kier alpha value is -2.41. The summed E-state index contributed by atoms with van der Waals surface area (Å²) in [6.07, 6.45) is -3.93. The summed E-state index contributed by atoms with van der Waals surface area (Å²) in [5.41, 5.74) is 5.79. The molecule has 2 aromatic rings. The van der Waals surface area contributed by atoms with Gasteiger partial charge in [-0.05, 0) is 53.8 Å². The Morgan fingerprint density at radius 2 is 1.84 bits per heavy atom. The fourth-order valence-corrected chi connectivity index (χ4v) is 2.84. The van der Waals surface area contributed by atoms with Gasteiger partial charge in [0.15, 0.2) is 0 Å². The minimum absolute atomic E-state index is 0.0413. The van der Waals surface area contributed by atoms with Crippen molar-refractivity contribution in [1.82, 2.24) is 0 Å². The van der Waals surface area contributed by atoms with Crippen LogP contribution in [0.25, 0.3) is 0 Å². The van der Waals surface area contributed by atoms with E-state index in [9.17, 15) is 22.4 Å². The van der Waals surface area contributed by atoms with E-state index in [0.29, 0.717) is 6.42 Å². The predicted molar refractivity (Wildman–Crippen MR) is 85.2 cm³/mol. The normalized spacial score (nSPS) is 19.6. The Morgan fingerprint density at radius 1 is 1.16 bits per heavy atom. The van der Waals surface area contributed by atoms with Gasteiger partial charge in [0.05, 0.1) is 5.56 Å². The highest BCUT2D eigenvalue weighted by Crippen LogP contribution is 2.48. The average Bonchev–Trinajstić information content (AvgIpc) is 3.35. The van der Waals surface area contributed by atoms with E-state index in [1.807, 2.05) is 0 Å². The van der Waals surface area contributed by atoms with Gasteiger partial charge in [-0.1, -0.05) is 12.1 Å². The largest absolute Gasteiger partial charge is 0.416 e. The van der Waals surface area contributed by atoms with Crippen LogP contribution >= 0.6 is 0 Å². The molecular weight excluding hydrogens is 336 g/mol. The summed E-state index contributed by atoms with van der Waals surface area (Å²) >= 11 is 0. The third kappa shape index (κ3) is 3.99. The number of rotatable bonds is 4. The number of hydrogen-bond acceptors (Lipinski definition) is 2. The Kier molecular flexibility index (Phi) is 4.51. The van der Waals surface area contributed by atoms with Crippen molar-refractivity contribution in [2.24, 2.45) is 11.7 Å². The Morgan fingerprint density at radius 3 is 2.44 bits per heavy atom. The second-order valence-electron chi connectivity index (χ2n) is 6.11. The molecule has 0 radical (unpaired) electrons. The molecule has 0 aliphatic heterocycles. The van der Waals surface area contributed by atoms with E-state index in [4.69, 9.17) is 5.73 Å². The molecule has 2 atom stereocenters. The molecule has 0 spiro atoms. The van der Waals surface area contributed by atoms with Gasteiger partial charge in [0.25, 0.3) is 0 Å². The number of nitrogens with two attached hydrogens (primary N) is 1. The highest BCUT2D eigenvalue weighted by molar-refractivity contribution is 5.95. The van der Waals surface area contributed by atoms with Crippen LogP contribution in [0.5, 0.6) is 0 Å². The molecule has 1 aliphatic carbocycles. The quantitative estimate of drug-likeness (QED) is 0.816. The van der Waals surface area contributed by atoms with Crippen LogP contribution in [0.3, 0.4) is 0 Å². The Labute approximate surface area is 141 Å². The van der Waals surface area contributed by atoms with E-state index in [1.54, 1.807) is 12.1 Å². The molecule has 3 N–H and O–H groups in total. The summed E-state index contributed by atoms with van der Waals surface area (Å²) in [6.45, 7) is -0.0611. The van der Waals surface area contributed by atoms with Crippen LogP contribution in [0.15, 0.2) is 42.5 Å². The Balaban J connectivity index is 1.72. The van der Waals surface area contributed by atoms with Crippen LogP contribution in [0, 0.1) is 11.7 Å². The minimum atomic E-state index is -4.51. The smallest absolute Gasteiger partial charge is 0.326 e. The molecule has 1 saturated carbocycles. The summed E-state index contributed by atoms with van der Waals surface area (Å²) in [5, 5.41) is 2.53. The van der Waals surface area contributed by atoms with E-state index in [1.165, 1.54) is 18.2 Å². The number of halogens is 4. The van der Waals surface area contributed by atoms with E-state index in [-0.39, 0.29) is 41.4 Å². The summed E-state index contributed by atoms with van der Waals surface area (Å²) in [6, 6.07) is 9.17. The van der Waals surface area contributed by atoms with Crippen molar-refractivity contribution in [2.45, 2.75) is 25.1 Å². The topological polar surface area (TPSA) is 55.1 Å². The van der Waals surface area contributed by atoms with E-state index in [0.717, 1.165) is 17.7 Å². The van der Waals surface area contributed by atoms with E-state index >= 15 is 0 Å². The first kappa shape index (κ1) is 17.4. The van der Waals surface area contributed by atoms with Crippen LogP contribution in [0.1, 0.15) is 29.0 Å². The molecule has 2 aromatic carbocycles. The third-order valence-electron chi connectivity index (χ3n) is 4.25. The van der Waals surface area contributed by atoms with Crippen LogP contribution in [0.2, 0.25) is 0 Å². The zero-order chi connectivity index (χ0) is 18.2. The molecule has 132 valence electrons. The molecule has 0 heterocycles. The van der Waals surface area contributed by atoms with Gasteiger partial charge in [0.2, 0.25) is 5.91 Å². The van der Waals surface area contributed by atoms with Gasteiger partial charge in [0, 0.05) is 18.2 Å². The minimum Gasteiger partial charge on any atom is -0.326 e. The molecule has 7 heteroatoms. The van der Waals surface area contributed by atoms with Gasteiger partial charge in [-0.15, -0.1) is 0 Å². The maximum atomic E-state index is 12.9. The van der Waals surface area contributed by atoms with Gasteiger partial charge < -0.3 is 11.1 Å². The SMILES string of the molecule is NCc1cc(NC(=O)C2CC2c2ccc(F)cc2)cc(C(F)(F)F)c1. The number of hydrogen-bond donors (Lipinski definition) is 2. The van der Waals surface area contributed by atoms with E-state index < -0.39 is 11.7 Å². The number of anilines is 1. The molecule has 2 unspecified atom stereocenters. The molecule has 0 aromatic heterocycles. The summed E-state index contributed by atoms with van der Waals surface area (Å²) < 4.78 is 51.7. The van der Waals surface area contributed by atoms with E-state index in [2.05, 4.69) is 5.32 Å². The lowest BCUT2D eigenvalue weighted by Crippen LogP contribution is -2.16. The zero-order valence-electron chi connectivity index (χ0n) is 13.1. The fourth-order valence-electron chi connectivity index (χ4n) is 2.84. The number of nitrogens with one attached hydrogen (secondary N) is 1. The van der Waals surface area contributed by atoms with Crippen LogP contribution in [0.4, 0.5) is 23.2 Å². The molecule has 0 saturated heterocycles. The van der Waals surface area contributed by atoms with Crippen molar-refractivity contribution < 1.29 is 22.4 Å². The monoisotopic (exact) mass is 352 g/mol. The van der Waals surface area contributed by atoms with Gasteiger partial charge in [-0.25, -0.2) is 4.39 Å². The molecule has 1 amide bonds. The second-order valence-corrected chi connectivity index (χ2v) is 6.11. The van der Waals surface area contributed by atoms with Gasteiger partial charge >= 0.3 is 6.18 Å². The number of carbonyl (C=O) groups excluding carboxylic acids is 1. The summed E-state index contributed by atoms with van der Waals surface area (Å²) in [5.74, 6) is -1.08. The standard InChI is InChI=1S/C18H16F4N2O/c19-13-3-1-11(2-4-13)15-8-16(15)17(25)24-14-6-10(9-23)5-12(7-14)18(20,21)22/h1-7,15-16H,8-9,23H2,(H,24,25). The lowest BCUT2D eigenvalue weighted by atomic mass is 10.1. The van der Waals surface area contributed by atoms with Crippen molar-refractivity contribution >= 4 is 11.6 Å². The molecule has 3 nitrogen and oxygen atoms in total. The van der Waals surface area contributed by atoms with Crippen molar-refractivity contribution in [3.63, 3.8) is 0 Å². The molecule has 1 aliphatic rings. The molecule has 3 rings (SSSR count). The summed E-state index contributed by atoms with van der Waals surface area (Å²) in [7, 11) is 0. The average molecular weight is 352 g/mol. The van der Waals surface area contributed by atoms with Gasteiger partial charge in [0.1, 0.15) is 5.82 Å². The van der Waals surface area contributed by atoms with Crippen molar-refractivity contribution in [1.29, 1.82) is 0 Å². The summed E-state index contributed by atoms with van der Waals surface area (Å²) in [4.78, 5) is 12.3. The van der Waals surface area contributed by atoms with Gasteiger partial charge in [-0.3, -0.25) is 4.79 Å². The molecule has 0 bridgehead atoms. The van der Waals surface area contributed by atoms with Crippen LogP contribution < -0.4 is 11.1 Å². The molecule has 1 fully saturated rings. The first-order valence-corrected chi connectivity index (χ1v) is 7.75.